The molecule has 0 unspecified atom stereocenters. The molecule has 1 aromatic heterocycles. The molecule has 2 N–H and O–H groups in total. The quantitative estimate of drug-likeness (QED) is 0.420. The fourth-order valence-electron chi connectivity index (χ4n) is 3.44. The van der Waals surface area contributed by atoms with E-state index in [1.54, 1.807) is 51.1 Å². The van der Waals surface area contributed by atoms with E-state index in [0.717, 1.165) is 16.7 Å². The van der Waals surface area contributed by atoms with Crippen LogP contribution >= 0.6 is 11.6 Å². The monoisotopic (exact) mass is 496 g/mol. The van der Waals surface area contributed by atoms with Crippen LogP contribution in [0.1, 0.15) is 48.4 Å². The van der Waals surface area contributed by atoms with Crippen molar-refractivity contribution in [1.82, 2.24) is 9.88 Å². The van der Waals surface area contributed by atoms with E-state index in [2.05, 4.69) is 4.98 Å². The number of aliphatic hydroxyl groups is 1. The predicted molar refractivity (Wildman–Crippen MR) is 135 cm³/mol. The zero-order chi connectivity index (χ0) is 25.6. The van der Waals surface area contributed by atoms with E-state index in [1.807, 2.05) is 24.3 Å². The maximum Gasteiger partial charge on any atom is 0.410 e. The number of halogens is 1. The highest BCUT2D eigenvalue weighted by Gasteiger charge is 2.24. The van der Waals surface area contributed by atoms with Gasteiger partial charge in [-0.3, -0.25) is 4.98 Å². The molecule has 7 nitrogen and oxygen atoms in total. The van der Waals surface area contributed by atoms with Crippen LogP contribution in [0, 0.1) is 0 Å². The van der Waals surface area contributed by atoms with Gasteiger partial charge < -0.3 is 19.8 Å². The van der Waals surface area contributed by atoms with Gasteiger partial charge in [0.2, 0.25) is 0 Å². The van der Waals surface area contributed by atoms with Crippen molar-refractivity contribution in [3.8, 4) is 11.1 Å². The number of aliphatic hydroxyl groups excluding tert-OH is 1. The SMILES string of the molecule is CC(C)(C)OC(=O)N(CCc1ccc(-c2ccc(C(=O)O)cc2)cc1)C[C@H](O)c1cncc(Cl)c1. The third kappa shape index (κ3) is 7.80. The van der Waals surface area contributed by atoms with Gasteiger partial charge in [0.1, 0.15) is 5.60 Å². The number of carboxylic acid groups (broad SMARTS) is 1. The van der Waals surface area contributed by atoms with Gasteiger partial charge in [-0.15, -0.1) is 0 Å². The molecule has 3 rings (SSSR count). The van der Waals surface area contributed by atoms with Gasteiger partial charge in [-0.25, -0.2) is 9.59 Å². The summed E-state index contributed by atoms with van der Waals surface area (Å²) in [5, 5.41) is 20.2. The number of rotatable bonds is 8. The van der Waals surface area contributed by atoms with Crippen LogP contribution in [0.15, 0.2) is 67.0 Å². The first kappa shape index (κ1) is 26.2. The molecule has 0 radical (unpaired) electrons. The average Bonchev–Trinajstić information content (AvgIpc) is 2.81. The van der Waals surface area contributed by atoms with E-state index < -0.39 is 23.8 Å². The summed E-state index contributed by atoms with van der Waals surface area (Å²) < 4.78 is 5.54. The maximum atomic E-state index is 12.8. The maximum absolute atomic E-state index is 12.8. The smallest absolute Gasteiger partial charge is 0.410 e. The van der Waals surface area contributed by atoms with Crippen LogP contribution in [0.2, 0.25) is 5.02 Å². The van der Waals surface area contributed by atoms with Gasteiger partial charge in [0, 0.05) is 24.5 Å². The first-order chi connectivity index (χ1) is 16.5. The number of nitrogens with zero attached hydrogens (tertiary/aromatic N) is 2. The fourth-order valence-corrected chi connectivity index (χ4v) is 3.62. The number of carbonyl (C=O) groups is 2. The standard InChI is InChI=1S/C27H29ClN2O5/c1-27(2,3)35-26(34)30(17-24(31)22-14-23(28)16-29-15-22)13-12-18-4-6-19(7-5-18)20-8-10-21(11-9-20)25(32)33/h4-11,14-16,24,31H,12-13,17H2,1-3H3,(H,32,33)/t24-/m0/s1. The largest absolute Gasteiger partial charge is 0.478 e. The zero-order valence-electron chi connectivity index (χ0n) is 19.9. The van der Waals surface area contributed by atoms with Gasteiger partial charge in [-0.2, -0.15) is 0 Å². The van der Waals surface area contributed by atoms with Gasteiger partial charge in [0.05, 0.1) is 23.2 Å². The Morgan fingerprint density at radius 2 is 1.63 bits per heavy atom. The van der Waals surface area contributed by atoms with Crippen LogP contribution in [0.25, 0.3) is 11.1 Å². The molecular weight excluding hydrogens is 468 g/mol. The Bertz CT molecular complexity index is 1160. The van der Waals surface area contributed by atoms with Crippen molar-refractivity contribution in [1.29, 1.82) is 0 Å². The molecule has 0 aliphatic carbocycles. The second-order valence-electron chi connectivity index (χ2n) is 9.21. The van der Waals surface area contributed by atoms with E-state index in [0.29, 0.717) is 23.6 Å². The molecule has 0 aliphatic heterocycles. The van der Waals surface area contributed by atoms with E-state index >= 15 is 0 Å². The number of benzene rings is 2. The van der Waals surface area contributed by atoms with Crippen molar-refractivity contribution in [3.05, 3.63) is 88.7 Å². The Balaban J connectivity index is 1.69. The van der Waals surface area contributed by atoms with Gasteiger partial charge in [-0.1, -0.05) is 48.0 Å². The summed E-state index contributed by atoms with van der Waals surface area (Å²) in [6, 6.07) is 16.1. The lowest BCUT2D eigenvalue weighted by Gasteiger charge is -2.29. The first-order valence-electron chi connectivity index (χ1n) is 11.2. The molecule has 3 aromatic rings. The van der Waals surface area contributed by atoms with Crippen molar-refractivity contribution >= 4 is 23.7 Å². The lowest BCUT2D eigenvalue weighted by Crippen LogP contribution is -2.40. The summed E-state index contributed by atoms with van der Waals surface area (Å²) in [6.07, 6.45) is 2.07. The Kier molecular flexibility index (Phi) is 8.48. The molecule has 0 saturated heterocycles. The van der Waals surface area contributed by atoms with Gasteiger partial charge in [-0.05, 0) is 62.1 Å². The van der Waals surface area contributed by atoms with Crippen LogP contribution in [0.4, 0.5) is 4.79 Å². The Morgan fingerprint density at radius 1 is 1.03 bits per heavy atom. The van der Waals surface area contributed by atoms with E-state index in [4.69, 9.17) is 21.4 Å². The number of pyridine rings is 1. The van der Waals surface area contributed by atoms with Crippen LogP contribution in [-0.2, 0) is 11.2 Å². The van der Waals surface area contributed by atoms with E-state index in [-0.39, 0.29) is 12.1 Å². The second kappa shape index (κ2) is 11.3. The fraction of sp³-hybridized carbons (Fsp3) is 0.296. The number of hydrogen-bond donors (Lipinski definition) is 2. The number of ether oxygens (including phenoxy) is 1. The molecule has 35 heavy (non-hydrogen) atoms. The number of aromatic carboxylic acids is 1. The van der Waals surface area contributed by atoms with Crippen molar-refractivity contribution < 1.29 is 24.5 Å². The molecule has 0 bridgehead atoms. The van der Waals surface area contributed by atoms with Crippen LogP contribution in [0.5, 0.6) is 0 Å². The second-order valence-corrected chi connectivity index (χ2v) is 9.64. The normalized spacial score (nSPS) is 12.1. The number of amides is 1. The molecule has 1 amide bonds. The van der Waals surface area contributed by atoms with Crippen molar-refractivity contribution in [2.45, 2.75) is 38.9 Å². The van der Waals surface area contributed by atoms with Crippen molar-refractivity contribution in [3.63, 3.8) is 0 Å². The zero-order valence-corrected chi connectivity index (χ0v) is 20.7. The summed E-state index contributed by atoms with van der Waals surface area (Å²) in [6.45, 7) is 5.75. The van der Waals surface area contributed by atoms with Gasteiger partial charge in [0.25, 0.3) is 0 Å². The topological polar surface area (TPSA) is 100.0 Å². The molecular formula is C27H29ClN2O5. The molecule has 184 valence electrons. The van der Waals surface area contributed by atoms with Crippen LogP contribution in [-0.4, -0.2) is 50.9 Å². The van der Waals surface area contributed by atoms with Crippen molar-refractivity contribution in [2.75, 3.05) is 13.1 Å². The summed E-state index contributed by atoms with van der Waals surface area (Å²) in [5.41, 5.74) is 2.96. The number of hydrogen-bond acceptors (Lipinski definition) is 5. The molecule has 8 heteroatoms. The highest BCUT2D eigenvalue weighted by Crippen LogP contribution is 2.22. The van der Waals surface area contributed by atoms with E-state index in [9.17, 15) is 14.7 Å². The van der Waals surface area contributed by atoms with Crippen molar-refractivity contribution in [2.24, 2.45) is 0 Å². The highest BCUT2D eigenvalue weighted by molar-refractivity contribution is 6.30. The number of carbonyl (C=O) groups excluding carboxylic acids is 1. The summed E-state index contributed by atoms with van der Waals surface area (Å²) in [7, 11) is 0. The molecule has 0 spiro atoms. The highest BCUT2D eigenvalue weighted by atomic mass is 35.5. The van der Waals surface area contributed by atoms with Gasteiger partial charge >= 0.3 is 12.1 Å². The lowest BCUT2D eigenvalue weighted by molar-refractivity contribution is 0.0146. The Hall–Kier alpha value is -3.42. The minimum atomic E-state index is -0.968. The molecule has 2 aromatic carbocycles. The molecule has 0 saturated carbocycles. The third-order valence-corrected chi connectivity index (χ3v) is 5.45. The molecule has 0 aliphatic rings. The van der Waals surface area contributed by atoms with E-state index in [1.165, 1.54) is 17.3 Å². The van der Waals surface area contributed by atoms with Gasteiger partial charge in [0.15, 0.2) is 0 Å². The summed E-state index contributed by atoms with van der Waals surface area (Å²) in [5.74, 6) is -0.960. The van der Waals surface area contributed by atoms with Crippen LogP contribution < -0.4 is 0 Å². The third-order valence-electron chi connectivity index (χ3n) is 5.25. The predicted octanol–water partition coefficient (Wildman–Crippen LogP) is 5.61. The minimum Gasteiger partial charge on any atom is -0.478 e. The molecule has 1 heterocycles. The number of carboxylic acids is 1. The Labute approximate surface area is 210 Å². The average molecular weight is 497 g/mol. The van der Waals surface area contributed by atoms with Crippen LogP contribution in [0.3, 0.4) is 0 Å². The first-order valence-corrected chi connectivity index (χ1v) is 11.6. The lowest BCUT2D eigenvalue weighted by atomic mass is 10.0. The summed E-state index contributed by atoms with van der Waals surface area (Å²) >= 11 is 5.99. The minimum absolute atomic E-state index is 0.0327. The molecule has 1 atom stereocenters. The Morgan fingerprint density at radius 3 is 2.17 bits per heavy atom. The number of aromatic nitrogens is 1. The molecule has 0 fully saturated rings. The summed E-state index contributed by atoms with van der Waals surface area (Å²) in [4.78, 5) is 29.4.